The zero-order valence-corrected chi connectivity index (χ0v) is 9.13. The minimum atomic E-state index is -0.222. The SMILES string of the molecule is CC(c1nc2ccc(F)cc2[nH]1)C1CNC1. The average molecular weight is 219 g/mol. The lowest BCUT2D eigenvalue weighted by atomic mass is 9.88. The summed E-state index contributed by atoms with van der Waals surface area (Å²) < 4.78 is 13.0. The number of H-pyrrole nitrogens is 1. The van der Waals surface area contributed by atoms with Crippen LogP contribution in [0.25, 0.3) is 11.0 Å². The highest BCUT2D eigenvalue weighted by Crippen LogP contribution is 2.26. The van der Waals surface area contributed by atoms with E-state index in [1.807, 2.05) is 0 Å². The molecule has 1 fully saturated rings. The van der Waals surface area contributed by atoms with Crippen molar-refractivity contribution in [2.45, 2.75) is 12.8 Å². The molecule has 2 N–H and O–H groups in total. The normalized spacial score (nSPS) is 18.6. The maximum atomic E-state index is 13.0. The van der Waals surface area contributed by atoms with Gasteiger partial charge >= 0.3 is 0 Å². The molecule has 1 atom stereocenters. The van der Waals surface area contributed by atoms with Crippen LogP contribution in [0, 0.1) is 11.7 Å². The number of halogens is 1. The molecular formula is C12H14FN3. The molecule has 0 radical (unpaired) electrons. The standard InChI is InChI=1S/C12H14FN3/c1-7(8-5-14-6-8)12-15-10-3-2-9(13)4-11(10)16-12/h2-4,7-8,14H,5-6H2,1H3,(H,15,16). The van der Waals surface area contributed by atoms with Crippen molar-refractivity contribution >= 4 is 11.0 Å². The molecule has 2 heterocycles. The second kappa shape index (κ2) is 3.56. The number of fused-ring (bicyclic) bond motifs is 1. The lowest BCUT2D eigenvalue weighted by Crippen LogP contribution is -2.44. The van der Waals surface area contributed by atoms with Gasteiger partial charge in [0.15, 0.2) is 0 Å². The van der Waals surface area contributed by atoms with E-state index in [2.05, 4.69) is 22.2 Å². The number of hydrogen-bond acceptors (Lipinski definition) is 2. The fourth-order valence-electron chi connectivity index (χ4n) is 2.11. The van der Waals surface area contributed by atoms with Crippen molar-refractivity contribution in [3.8, 4) is 0 Å². The van der Waals surface area contributed by atoms with Gasteiger partial charge in [0.1, 0.15) is 11.6 Å². The van der Waals surface area contributed by atoms with Gasteiger partial charge in [-0.2, -0.15) is 0 Å². The molecule has 1 unspecified atom stereocenters. The molecule has 0 spiro atoms. The highest BCUT2D eigenvalue weighted by molar-refractivity contribution is 5.75. The number of rotatable bonds is 2. The van der Waals surface area contributed by atoms with Gasteiger partial charge in [-0.3, -0.25) is 0 Å². The molecule has 4 heteroatoms. The molecular weight excluding hydrogens is 205 g/mol. The Balaban J connectivity index is 1.97. The zero-order chi connectivity index (χ0) is 11.1. The molecule has 1 saturated heterocycles. The van der Waals surface area contributed by atoms with Crippen molar-refractivity contribution in [1.82, 2.24) is 15.3 Å². The minimum Gasteiger partial charge on any atom is -0.342 e. The van der Waals surface area contributed by atoms with Crippen LogP contribution in [0.3, 0.4) is 0 Å². The Morgan fingerprint density at radius 3 is 2.94 bits per heavy atom. The molecule has 0 amide bonds. The highest BCUT2D eigenvalue weighted by atomic mass is 19.1. The summed E-state index contributed by atoms with van der Waals surface area (Å²) in [5.41, 5.74) is 1.63. The molecule has 0 bridgehead atoms. The summed E-state index contributed by atoms with van der Waals surface area (Å²) >= 11 is 0. The smallest absolute Gasteiger partial charge is 0.125 e. The van der Waals surface area contributed by atoms with E-state index < -0.39 is 0 Å². The Morgan fingerprint density at radius 2 is 2.25 bits per heavy atom. The van der Waals surface area contributed by atoms with Crippen molar-refractivity contribution in [2.75, 3.05) is 13.1 Å². The van der Waals surface area contributed by atoms with Crippen LogP contribution in [0.15, 0.2) is 18.2 Å². The van der Waals surface area contributed by atoms with Gasteiger partial charge in [-0.1, -0.05) is 6.92 Å². The highest BCUT2D eigenvalue weighted by Gasteiger charge is 2.26. The summed E-state index contributed by atoms with van der Waals surface area (Å²) in [5, 5.41) is 3.25. The van der Waals surface area contributed by atoms with E-state index in [0.717, 1.165) is 29.9 Å². The van der Waals surface area contributed by atoms with E-state index in [4.69, 9.17) is 0 Å². The molecule has 1 aromatic heterocycles. The fourth-order valence-corrected chi connectivity index (χ4v) is 2.11. The van der Waals surface area contributed by atoms with Crippen molar-refractivity contribution in [3.63, 3.8) is 0 Å². The third-order valence-electron chi connectivity index (χ3n) is 3.41. The zero-order valence-electron chi connectivity index (χ0n) is 9.13. The number of imidazole rings is 1. The monoisotopic (exact) mass is 219 g/mol. The Labute approximate surface area is 93.1 Å². The van der Waals surface area contributed by atoms with Crippen LogP contribution < -0.4 is 5.32 Å². The second-order valence-electron chi connectivity index (χ2n) is 4.49. The van der Waals surface area contributed by atoms with Crippen LogP contribution in [0.2, 0.25) is 0 Å². The first-order valence-electron chi connectivity index (χ1n) is 5.60. The van der Waals surface area contributed by atoms with Gasteiger partial charge in [0.25, 0.3) is 0 Å². The maximum Gasteiger partial charge on any atom is 0.125 e. The van der Waals surface area contributed by atoms with E-state index in [1.165, 1.54) is 12.1 Å². The van der Waals surface area contributed by atoms with E-state index in [9.17, 15) is 4.39 Å². The molecule has 84 valence electrons. The molecule has 16 heavy (non-hydrogen) atoms. The van der Waals surface area contributed by atoms with Crippen LogP contribution in [0.1, 0.15) is 18.7 Å². The van der Waals surface area contributed by atoms with Crippen LogP contribution >= 0.6 is 0 Å². The van der Waals surface area contributed by atoms with E-state index in [1.54, 1.807) is 6.07 Å². The lowest BCUT2D eigenvalue weighted by molar-refractivity contribution is 0.297. The maximum absolute atomic E-state index is 13.0. The summed E-state index contributed by atoms with van der Waals surface area (Å²) in [6.45, 7) is 4.26. The first kappa shape index (κ1) is 9.78. The van der Waals surface area contributed by atoms with E-state index in [0.29, 0.717) is 11.8 Å². The molecule has 1 aromatic carbocycles. The number of nitrogens with zero attached hydrogens (tertiary/aromatic N) is 1. The number of nitrogens with one attached hydrogen (secondary N) is 2. The Kier molecular flexibility index (Phi) is 2.17. The van der Waals surface area contributed by atoms with E-state index >= 15 is 0 Å². The average Bonchev–Trinajstić information content (AvgIpc) is 2.57. The molecule has 1 aliphatic heterocycles. The van der Waals surface area contributed by atoms with Gasteiger partial charge in [0.05, 0.1) is 11.0 Å². The van der Waals surface area contributed by atoms with Crippen LogP contribution in [-0.2, 0) is 0 Å². The summed E-state index contributed by atoms with van der Waals surface area (Å²) in [6.07, 6.45) is 0. The van der Waals surface area contributed by atoms with Crippen LogP contribution in [-0.4, -0.2) is 23.1 Å². The fraction of sp³-hybridized carbons (Fsp3) is 0.417. The predicted octanol–water partition coefficient (Wildman–Crippen LogP) is 2.02. The summed E-state index contributed by atoms with van der Waals surface area (Å²) in [6, 6.07) is 4.66. The predicted molar refractivity (Wildman–Crippen MR) is 60.8 cm³/mol. The Hall–Kier alpha value is -1.42. The van der Waals surface area contributed by atoms with Gasteiger partial charge in [-0.25, -0.2) is 9.37 Å². The minimum absolute atomic E-state index is 0.222. The van der Waals surface area contributed by atoms with Gasteiger partial charge in [-0.05, 0) is 37.2 Å². The molecule has 3 nitrogen and oxygen atoms in total. The van der Waals surface area contributed by atoms with E-state index in [-0.39, 0.29) is 5.82 Å². The third kappa shape index (κ3) is 1.50. The number of aromatic amines is 1. The summed E-state index contributed by atoms with van der Waals surface area (Å²) in [7, 11) is 0. The third-order valence-corrected chi connectivity index (χ3v) is 3.41. The van der Waals surface area contributed by atoms with Crippen molar-refractivity contribution in [2.24, 2.45) is 5.92 Å². The molecule has 0 aliphatic carbocycles. The van der Waals surface area contributed by atoms with Crippen molar-refractivity contribution < 1.29 is 4.39 Å². The summed E-state index contributed by atoms with van der Waals surface area (Å²) in [5.74, 6) is 1.79. The molecule has 2 aromatic rings. The lowest BCUT2D eigenvalue weighted by Gasteiger charge is -2.31. The number of benzene rings is 1. The Bertz CT molecular complexity index is 516. The van der Waals surface area contributed by atoms with Crippen LogP contribution in [0.5, 0.6) is 0 Å². The molecule has 0 saturated carbocycles. The molecule has 1 aliphatic rings. The first-order chi connectivity index (χ1) is 7.74. The van der Waals surface area contributed by atoms with Gasteiger partial charge in [-0.15, -0.1) is 0 Å². The van der Waals surface area contributed by atoms with Crippen LogP contribution in [0.4, 0.5) is 4.39 Å². The number of hydrogen-bond donors (Lipinski definition) is 2. The quantitative estimate of drug-likeness (QED) is 0.811. The van der Waals surface area contributed by atoms with Crippen molar-refractivity contribution in [1.29, 1.82) is 0 Å². The summed E-state index contributed by atoms with van der Waals surface area (Å²) in [4.78, 5) is 7.71. The van der Waals surface area contributed by atoms with Gasteiger partial charge < -0.3 is 10.3 Å². The first-order valence-corrected chi connectivity index (χ1v) is 5.60. The Morgan fingerprint density at radius 1 is 1.44 bits per heavy atom. The van der Waals surface area contributed by atoms with Crippen molar-refractivity contribution in [3.05, 3.63) is 29.8 Å². The number of aromatic nitrogens is 2. The topological polar surface area (TPSA) is 40.7 Å². The second-order valence-corrected chi connectivity index (χ2v) is 4.49. The van der Waals surface area contributed by atoms with Gasteiger partial charge in [0, 0.05) is 5.92 Å². The molecule has 3 rings (SSSR count). The van der Waals surface area contributed by atoms with Gasteiger partial charge in [0.2, 0.25) is 0 Å². The largest absolute Gasteiger partial charge is 0.342 e.